The van der Waals surface area contributed by atoms with Crippen molar-refractivity contribution in [3.63, 3.8) is 0 Å². The van der Waals surface area contributed by atoms with Crippen molar-refractivity contribution in [3.05, 3.63) is 28.7 Å². The van der Waals surface area contributed by atoms with Crippen molar-refractivity contribution in [3.8, 4) is 6.07 Å². The molecular formula is C29H34ClFN6O4. The summed E-state index contributed by atoms with van der Waals surface area (Å²) in [6, 6.07) is 3.09. The number of pyridine rings is 1. The smallest absolute Gasteiger partial charge is 0.414 e. The van der Waals surface area contributed by atoms with Gasteiger partial charge in [-0.05, 0) is 54.4 Å². The number of halogens is 2. The Morgan fingerprint density at radius 1 is 1.24 bits per heavy atom. The molecule has 1 aliphatic carbocycles. The highest BCUT2D eigenvalue weighted by Gasteiger charge is 2.58. The summed E-state index contributed by atoms with van der Waals surface area (Å²) in [5.74, 6) is -0.779. The van der Waals surface area contributed by atoms with Crippen molar-refractivity contribution >= 4 is 57.1 Å². The Kier molecular flexibility index (Phi) is 6.77. The van der Waals surface area contributed by atoms with Crippen molar-refractivity contribution in [1.82, 2.24) is 15.3 Å². The average molecular weight is 585 g/mol. The van der Waals surface area contributed by atoms with Gasteiger partial charge >= 0.3 is 12.2 Å². The lowest BCUT2D eigenvalue weighted by Crippen LogP contribution is -2.36. The second kappa shape index (κ2) is 9.65. The molecule has 3 heterocycles. The van der Waals surface area contributed by atoms with Crippen molar-refractivity contribution in [2.75, 3.05) is 29.9 Å². The molecule has 2 fully saturated rings. The molecule has 10 nitrogen and oxygen atoms in total. The molecule has 12 heteroatoms. The molecule has 1 aromatic carbocycles. The number of rotatable bonds is 3. The number of nitrogens with one attached hydrogen (secondary N) is 2. The lowest BCUT2D eigenvalue weighted by atomic mass is 10.0. The Hall–Kier alpha value is -3.78. The number of alkyl carbamates (subject to hydrolysis) is 1. The molecule has 0 radical (unpaired) electrons. The zero-order valence-corrected chi connectivity index (χ0v) is 25.0. The molecule has 1 aliphatic heterocycles. The largest absolute Gasteiger partial charge is 0.444 e. The number of ether oxygens (including phenoxy) is 2. The van der Waals surface area contributed by atoms with E-state index in [2.05, 4.69) is 20.2 Å². The molecule has 218 valence electrons. The van der Waals surface area contributed by atoms with E-state index in [0.717, 1.165) is 18.9 Å². The van der Waals surface area contributed by atoms with Gasteiger partial charge in [0.25, 0.3) is 0 Å². The zero-order valence-electron chi connectivity index (χ0n) is 24.2. The highest BCUT2D eigenvalue weighted by Crippen LogP contribution is 2.55. The van der Waals surface area contributed by atoms with Crippen LogP contribution in [0.15, 0.2) is 12.3 Å². The predicted octanol–water partition coefficient (Wildman–Crippen LogP) is 6.25. The predicted molar refractivity (Wildman–Crippen MR) is 155 cm³/mol. The third kappa shape index (κ3) is 5.33. The Bertz CT molecular complexity index is 1620. The maximum absolute atomic E-state index is 15.4. The Morgan fingerprint density at radius 3 is 2.56 bits per heavy atom. The van der Waals surface area contributed by atoms with E-state index in [4.69, 9.17) is 21.1 Å². The molecule has 41 heavy (non-hydrogen) atoms. The third-order valence-corrected chi connectivity index (χ3v) is 7.76. The first-order valence-electron chi connectivity index (χ1n) is 13.5. The number of aromatic amines is 1. The number of nitriles is 1. The summed E-state index contributed by atoms with van der Waals surface area (Å²) >= 11 is 6.74. The fraction of sp³-hybridized carbons (Fsp3) is 0.517. The molecular weight excluding hydrogens is 551 g/mol. The van der Waals surface area contributed by atoms with Crippen molar-refractivity contribution in [1.29, 1.82) is 5.26 Å². The van der Waals surface area contributed by atoms with Crippen LogP contribution in [0, 0.1) is 22.6 Å². The van der Waals surface area contributed by atoms with Crippen LogP contribution in [0.3, 0.4) is 0 Å². The van der Waals surface area contributed by atoms with Gasteiger partial charge in [-0.1, -0.05) is 11.6 Å². The minimum absolute atomic E-state index is 0.0392. The van der Waals surface area contributed by atoms with E-state index >= 15 is 4.39 Å². The van der Waals surface area contributed by atoms with E-state index in [1.807, 2.05) is 26.8 Å². The van der Waals surface area contributed by atoms with Gasteiger partial charge in [0.2, 0.25) is 0 Å². The van der Waals surface area contributed by atoms with Crippen LogP contribution in [-0.4, -0.2) is 59.5 Å². The van der Waals surface area contributed by atoms with Crippen molar-refractivity contribution < 1.29 is 23.5 Å². The van der Waals surface area contributed by atoms with Crippen LogP contribution in [0.1, 0.15) is 59.9 Å². The standard InChI is InChI=1S/C29H34ClFN6O4/c1-27(2,3)40-25(38)34-19-11-29(19)8-9-37(14-29)23-16(30)13-33-24-21(23)20-15(12-32)17(31)10-18(22(20)35-24)36(7)26(39)41-28(4,5)6/h10,13,19H,8-9,11,14H2,1-7H3,(H,33,35)(H,34,38)/t19-,29-/m0/s1. The minimum Gasteiger partial charge on any atom is -0.444 e. The lowest BCUT2D eigenvalue weighted by Gasteiger charge is -2.25. The maximum atomic E-state index is 15.4. The minimum atomic E-state index is -0.779. The van der Waals surface area contributed by atoms with Gasteiger partial charge < -0.3 is 24.7 Å². The van der Waals surface area contributed by atoms with E-state index in [1.165, 1.54) is 18.1 Å². The molecule has 5 rings (SSSR count). The quantitative estimate of drug-likeness (QED) is 0.373. The van der Waals surface area contributed by atoms with Crippen LogP contribution in [0.25, 0.3) is 21.9 Å². The number of aromatic nitrogens is 2. The van der Waals surface area contributed by atoms with Gasteiger partial charge in [0.05, 0.1) is 39.1 Å². The highest BCUT2D eigenvalue weighted by molar-refractivity contribution is 6.36. The number of hydrogen-bond donors (Lipinski definition) is 2. The number of H-pyrrole nitrogens is 1. The van der Waals surface area contributed by atoms with Gasteiger partial charge in [-0.2, -0.15) is 5.26 Å². The summed E-state index contributed by atoms with van der Waals surface area (Å²) in [7, 11) is 1.48. The average Bonchev–Trinajstić information content (AvgIpc) is 3.15. The first-order chi connectivity index (χ1) is 19.0. The van der Waals surface area contributed by atoms with Crippen LogP contribution in [0.2, 0.25) is 5.02 Å². The normalized spacial score (nSPS) is 20.4. The van der Waals surface area contributed by atoms with Gasteiger partial charge in [0.1, 0.15) is 28.7 Å². The zero-order chi connectivity index (χ0) is 30.1. The van der Waals surface area contributed by atoms with E-state index < -0.39 is 29.2 Å². The Balaban J connectivity index is 1.55. The summed E-state index contributed by atoms with van der Waals surface area (Å²) in [5, 5.41) is 14.1. The van der Waals surface area contributed by atoms with Crippen LogP contribution < -0.4 is 15.1 Å². The highest BCUT2D eigenvalue weighted by atomic mass is 35.5. The number of hydrogen-bond acceptors (Lipinski definition) is 7. The number of amides is 2. The molecule has 2 aliphatic rings. The second-order valence-corrected chi connectivity index (χ2v) is 13.3. The molecule has 2 N–H and O–H groups in total. The number of fused-ring (bicyclic) bond motifs is 3. The lowest BCUT2D eigenvalue weighted by molar-refractivity contribution is 0.0515. The SMILES string of the molecule is CN(C(=O)OC(C)(C)C)c1cc(F)c(C#N)c2c1[nH]c1ncc(Cl)c(N3CC[C@]4(C[C@@H]4NC(=O)OC(C)(C)C)C3)c12. The summed E-state index contributed by atoms with van der Waals surface area (Å²) in [6.07, 6.45) is 2.00. The van der Waals surface area contributed by atoms with Crippen LogP contribution in [0.4, 0.5) is 25.4 Å². The molecule has 2 aromatic heterocycles. The topological polar surface area (TPSA) is 124 Å². The maximum Gasteiger partial charge on any atom is 0.414 e. The molecule has 0 unspecified atom stereocenters. The Morgan fingerprint density at radius 2 is 1.93 bits per heavy atom. The van der Waals surface area contributed by atoms with Crippen LogP contribution in [-0.2, 0) is 9.47 Å². The van der Waals surface area contributed by atoms with Crippen molar-refractivity contribution in [2.24, 2.45) is 5.41 Å². The van der Waals surface area contributed by atoms with Crippen LogP contribution >= 0.6 is 11.6 Å². The van der Waals surface area contributed by atoms with E-state index in [0.29, 0.717) is 40.3 Å². The fourth-order valence-electron chi connectivity index (χ4n) is 5.59. The summed E-state index contributed by atoms with van der Waals surface area (Å²) in [5.41, 5.74) is -0.0848. The van der Waals surface area contributed by atoms with Crippen LogP contribution in [0.5, 0.6) is 0 Å². The Labute approximate surface area is 242 Å². The van der Waals surface area contributed by atoms with Gasteiger partial charge in [-0.3, -0.25) is 4.90 Å². The van der Waals surface area contributed by atoms with E-state index in [-0.39, 0.29) is 28.1 Å². The van der Waals surface area contributed by atoms with E-state index in [1.54, 1.807) is 20.8 Å². The molecule has 2 atom stereocenters. The number of benzene rings is 1. The molecule has 2 amide bonds. The molecule has 1 spiro atoms. The molecule has 3 aromatic rings. The first-order valence-corrected chi connectivity index (χ1v) is 13.8. The monoisotopic (exact) mass is 584 g/mol. The molecule has 1 saturated heterocycles. The van der Waals surface area contributed by atoms with Gasteiger partial charge in [0, 0.05) is 43.0 Å². The number of anilines is 2. The van der Waals surface area contributed by atoms with Gasteiger partial charge in [-0.25, -0.2) is 19.0 Å². The number of nitrogens with zero attached hydrogens (tertiary/aromatic N) is 4. The van der Waals surface area contributed by atoms with Gasteiger partial charge in [-0.15, -0.1) is 0 Å². The summed E-state index contributed by atoms with van der Waals surface area (Å²) in [4.78, 5) is 36.2. The molecule has 1 saturated carbocycles. The number of carbonyl (C=O) groups excluding carboxylic acids is 2. The van der Waals surface area contributed by atoms with Crippen molar-refractivity contribution in [2.45, 2.75) is 71.6 Å². The summed E-state index contributed by atoms with van der Waals surface area (Å²) in [6.45, 7) is 11.9. The fourth-order valence-corrected chi connectivity index (χ4v) is 5.86. The summed E-state index contributed by atoms with van der Waals surface area (Å²) < 4.78 is 26.4. The number of carbonyl (C=O) groups is 2. The van der Waals surface area contributed by atoms with E-state index in [9.17, 15) is 14.9 Å². The second-order valence-electron chi connectivity index (χ2n) is 12.9. The molecule has 0 bridgehead atoms. The van der Waals surface area contributed by atoms with Gasteiger partial charge in [0.15, 0.2) is 0 Å². The third-order valence-electron chi connectivity index (χ3n) is 7.48. The first kappa shape index (κ1) is 28.7.